The van der Waals surface area contributed by atoms with Crippen LogP contribution >= 0.6 is 28.1 Å². The van der Waals surface area contributed by atoms with Gasteiger partial charge in [0.25, 0.3) is 5.91 Å². The molecule has 3 aromatic rings. The summed E-state index contributed by atoms with van der Waals surface area (Å²) in [5.74, 6) is 1.90. The van der Waals surface area contributed by atoms with Crippen LogP contribution in [0.1, 0.15) is 31.3 Å². The smallest absolute Gasteiger partial charge is 0.276 e. The Balaban J connectivity index is 1.41. The fourth-order valence-electron chi connectivity index (χ4n) is 3.22. The SMILES string of the molecule is CCCCN1C(=O)/C(=C\c2ccc(COc3ccc4cc(Br)ccc4c3)o2)NC1=S. The number of nitrogens with one attached hydrogen (secondary N) is 1. The van der Waals surface area contributed by atoms with Crippen LogP contribution in [0, 0.1) is 0 Å². The number of fused-ring (bicyclic) bond motifs is 1. The second-order valence-corrected chi connectivity index (χ2v) is 8.35. The minimum Gasteiger partial charge on any atom is -0.486 e. The highest BCUT2D eigenvalue weighted by Crippen LogP contribution is 2.25. The van der Waals surface area contributed by atoms with E-state index in [1.54, 1.807) is 11.0 Å². The molecule has 0 spiro atoms. The van der Waals surface area contributed by atoms with Gasteiger partial charge in [-0.25, -0.2) is 0 Å². The minimum atomic E-state index is -0.120. The molecule has 1 fully saturated rings. The molecule has 7 heteroatoms. The Bertz CT molecular complexity index is 1140. The van der Waals surface area contributed by atoms with Gasteiger partial charge >= 0.3 is 0 Å². The highest BCUT2D eigenvalue weighted by molar-refractivity contribution is 9.10. The molecule has 5 nitrogen and oxygen atoms in total. The van der Waals surface area contributed by atoms with E-state index in [0.717, 1.165) is 33.8 Å². The van der Waals surface area contributed by atoms with Gasteiger partial charge in [0.1, 0.15) is 29.6 Å². The van der Waals surface area contributed by atoms with Crippen LogP contribution in [0.4, 0.5) is 0 Å². The predicted octanol–water partition coefficient (Wildman–Crippen LogP) is 5.63. The number of benzene rings is 2. The van der Waals surface area contributed by atoms with Gasteiger partial charge in [0.2, 0.25) is 0 Å². The normalized spacial score (nSPS) is 15.3. The van der Waals surface area contributed by atoms with Crippen LogP contribution in [0.2, 0.25) is 0 Å². The highest BCUT2D eigenvalue weighted by atomic mass is 79.9. The molecule has 154 valence electrons. The predicted molar refractivity (Wildman–Crippen MR) is 125 cm³/mol. The summed E-state index contributed by atoms with van der Waals surface area (Å²) in [6.45, 7) is 3.00. The molecule has 4 rings (SSSR count). The van der Waals surface area contributed by atoms with E-state index in [-0.39, 0.29) is 5.91 Å². The van der Waals surface area contributed by atoms with Gasteiger partial charge in [-0.15, -0.1) is 0 Å². The molecule has 2 heterocycles. The lowest BCUT2D eigenvalue weighted by Gasteiger charge is -2.12. The fraction of sp³-hybridized carbons (Fsp3) is 0.217. The Morgan fingerprint density at radius 3 is 2.80 bits per heavy atom. The number of ether oxygens (including phenoxy) is 1. The van der Waals surface area contributed by atoms with E-state index in [1.807, 2.05) is 42.5 Å². The number of halogens is 1. The summed E-state index contributed by atoms with van der Waals surface area (Å²) >= 11 is 8.75. The van der Waals surface area contributed by atoms with Crippen molar-refractivity contribution in [2.75, 3.05) is 6.54 Å². The zero-order chi connectivity index (χ0) is 21.1. The second-order valence-electron chi connectivity index (χ2n) is 7.04. The molecule has 0 bridgehead atoms. The molecule has 30 heavy (non-hydrogen) atoms. The quantitative estimate of drug-likeness (QED) is 0.347. The highest BCUT2D eigenvalue weighted by Gasteiger charge is 2.30. The van der Waals surface area contributed by atoms with Crippen LogP contribution in [0.15, 0.2) is 63.1 Å². The van der Waals surface area contributed by atoms with E-state index in [2.05, 4.69) is 34.2 Å². The van der Waals surface area contributed by atoms with Gasteiger partial charge in [-0.3, -0.25) is 9.69 Å². The lowest BCUT2D eigenvalue weighted by molar-refractivity contribution is -0.122. The minimum absolute atomic E-state index is 0.120. The number of thiocarbonyl (C=S) groups is 1. The first-order valence-corrected chi connectivity index (χ1v) is 11.0. The van der Waals surface area contributed by atoms with Crippen LogP contribution in [-0.4, -0.2) is 22.5 Å². The summed E-state index contributed by atoms with van der Waals surface area (Å²) < 4.78 is 12.7. The molecule has 1 N–H and O–H groups in total. The van der Waals surface area contributed by atoms with Gasteiger partial charge in [0.15, 0.2) is 5.11 Å². The summed E-state index contributed by atoms with van der Waals surface area (Å²) in [5, 5.41) is 5.66. The zero-order valence-electron chi connectivity index (χ0n) is 16.5. The Kier molecular flexibility index (Phi) is 6.20. The van der Waals surface area contributed by atoms with E-state index < -0.39 is 0 Å². The van der Waals surface area contributed by atoms with Crippen molar-refractivity contribution in [1.29, 1.82) is 0 Å². The number of carbonyl (C=O) groups excluding carboxylic acids is 1. The fourth-order valence-corrected chi connectivity index (χ4v) is 3.88. The molecule has 0 radical (unpaired) electrons. The molecule has 1 amide bonds. The van der Waals surface area contributed by atoms with Crippen LogP contribution in [0.3, 0.4) is 0 Å². The van der Waals surface area contributed by atoms with Gasteiger partial charge in [0.05, 0.1) is 0 Å². The number of furan rings is 1. The third kappa shape index (κ3) is 4.57. The van der Waals surface area contributed by atoms with Crippen molar-refractivity contribution in [1.82, 2.24) is 10.2 Å². The van der Waals surface area contributed by atoms with Crippen LogP contribution in [0.5, 0.6) is 5.75 Å². The maximum atomic E-state index is 12.5. The number of carbonyl (C=O) groups is 1. The Morgan fingerprint density at radius 1 is 1.17 bits per heavy atom. The van der Waals surface area contributed by atoms with Crippen molar-refractivity contribution in [2.24, 2.45) is 0 Å². The molecular weight excluding hydrogens is 464 g/mol. The van der Waals surface area contributed by atoms with Crippen molar-refractivity contribution in [3.05, 3.63) is 70.2 Å². The maximum absolute atomic E-state index is 12.5. The zero-order valence-corrected chi connectivity index (χ0v) is 18.9. The van der Waals surface area contributed by atoms with E-state index in [0.29, 0.717) is 35.5 Å². The molecule has 0 unspecified atom stereocenters. The number of hydrogen-bond acceptors (Lipinski definition) is 4. The third-order valence-corrected chi connectivity index (χ3v) is 5.64. The summed E-state index contributed by atoms with van der Waals surface area (Å²) in [5.41, 5.74) is 0.429. The van der Waals surface area contributed by atoms with Crippen molar-refractivity contribution >= 4 is 56.0 Å². The average Bonchev–Trinajstić information content (AvgIpc) is 3.29. The van der Waals surface area contributed by atoms with E-state index >= 15 is 0 Å². The number of rotatable bonds is 7. The monoisotopic (exact) mass is 484 g/mol. The molecule has 1 aliphatic heterocycles. The molecule has 2 aromatic carbocycles. The maximum Gasteiger partial charge on any atom is 0.276 e. The van der Waals surface area contributed by atoms with Gasteiger partial charge in [-0.05, 0) is 65.8 Å². The molecule has 0 aliphatic carbocycles. The number of amides is 1. The summed E-state index contributed by atoms with van der Waals surface area (Å²) in [6.07, 6.45) is 3.59. The molecule has 1 saturated heterocycles. The molecule has 1 aromatic heterocycles. The van der Waals surface area contributed by atoms with Crippen LogP contribution < -0.4 is 10.1 Å². The van der Waals surface area contributed by atoms with Crippen molar-refractivity contribution in [3.8, 4) is 5.75 Å². The van der Waals surface area contributed by atoms with Crippen molar-refractivity contribution < 1.29 is 13.9 Å². The largest absolute Gasteiger partial charge is 0.486 e. The van der Waals surface area contributed by atoms with Crippen molar-refractivity contribution in [3.63, 3.8) is 0 Å². The van der Waals surface area contributed by atoms with Crippen LogP contribution in [0.25, 0.3) is 16.8 Å². The molecule has 0 saturated carbocycles. The molecular formula is C23H21BrN2O3S. The van der Waals surface area contributed by atoms with E-state index in [1.165, 1.54) is 0 Å². The average molecular weight is 485 g/mol. The van der Waals surface area contributed by atoms with Gasteiger partial charge in [-0.1, -0.05) is 41.4 Å². The topological polar surface area (TPSA) is 54.7 Å². The van der Waals surface area contributed by atoms with E-state index in [9.17, 15) is 4.79 Å². The second kappa shape index (κ2) is 9.02. The molecule has 0 atom stereocenters. The first kappa shape index (κ1) is 20.6. The Morgan fingerprint density at radius 2 is 1.97 bits per heavy atom. The standard InChI is InChI=1S/C23H21BrN2O3S/c1-2-3-10-26-22(27)21(25-23(26)30)13-19-8-9-20(29-19)14-28-18-7-5-15-11-17(24)6-4-16(15)12-18/h4-9,11-13H,2-3,10,14H2,1H3,(H,25,30)/b21-13+. The summed E-state index contributed by atoms with van der Waals surface area (Å²) in [4.78, 5) is 14.1. The lowest BCUT2D eigenvalue weighted by atomic mass is 10.1. The summed E-state index contributed by atoms with van der Waals surface area (Å²) in [7, 11) is 0. The first-order chi connectivity index (χ1) is 14.5. The number of nitrogens with zero attached hydrogens (tertiary/aromatic N) is 1. The number of unbranched alkanes of at least 4 members (excludes halogenated alkanes) is 1. The Labute approximate surface area is 188 Å². The van der Waals surface area contributed by atoms with Crippen molar-refractivity contribution in [2.45, 2.75) is 26.4 Å². The Hall–Kier alpha value is -2.64. The lowest BCUT2D eigenvalue weighted by Crippen LogP contribution is -2.31. The third-order valence-electron chi connectivity index (χ3n) is 4.82. The molecule has 1 aliphatic rings. The van der Waals surface area contributed by atoms with E-state index in [4.69, 9.17) is 21.4 Å². The first-order valence-electron chi connectivity index (χ1n) is 9.79. The van der Waals surface area contributed by atoms with Crippen LogP contribution in [-0.2, 0) is 11.4 Å². The van der Waals surface area contributed by atoms with Gasteiger partial charge in [0, 0.05) is 17.1 Å². The van der Waals surface area contributed by atoms with Gasteiger partial charge < -0.3 is 14.5 Å². The summed E-state index contributed by atoms with van der Waals surface area (Å²) in [6, 6.07) is 15.7. The van der Waals surface area contributed by atoms with Gasteiger partial charge in [-0.2, -0.15) is 0 Å². The number of hydrogen-bond donors (Lipinski definition) is 1.